The number of aliphatic imine (C=N–C) groups is 1. The van der Waals surface area contributed by atoms with Crippen LogP contribution in [0.2, 0.25) is 0 Å². The largest absolute Gasteiger partial charge is 0.487 e. The average molecular weight is 365 g/mol. The third-order valence-electron chi connectivity index (χ3n) is 5.26. The Labute approximate surface area is 157 Å². The lowest BCUT2D eigenvalue weighted by atomic mass is 10.2. The molecule has 3 aromatic rings. The zero-order valence-electron chi connectivity index (χ0n) is 15.4. The highest BCUT2D eigenvalue weighted by Gasteiger charge is 2.44. The van der Waals surface area contributed by atoms with E-state index in [9.17, 15) is 10.2 Å². The summed E-state index contributed by atoms with van der Waals surface area (Å²) < 4.78 is 8.01. The normalized spacial score (nSPS) is 25.5. The molecule has 0 unspecified atom stereocenters. The van der Waals surface area contributed by atoms with Gasteiger partial charge in [-0.15, -0.1) is 0 Å². The zero-order valence-corrected chi connectivity index (χ0v) is 15.4. The first-order valence-corrected chi connectivity index (χ1v) is 9.06. The van der Waals surface area contributed by atoms with E-state index in [4.69, 9.17) is 4.74 Å². The second-order valence-corrected chi connectivity index (χ2v) is 6.95. The van der Waals surface area contributed by atoms with Crippen LogP contribution < -0.4 is 4.74 Å². The average Bonchev–Trinajstić information content (AvgIpc) is 3.21. The van der Waals surface area contributed by atoms with Crippen molar-refractivity contribution < 1.29 is 14.9 Å². The van der Waals surface area contributed by atoms with E-state index >= 15 is 0 Å². The molecule has 4 rings (SSSR count). The summed E-state index contributed by atoms with van der Waals surface area (Å²) in [7, 11) is 1.70. The highest BCUT2D eigenvalue weighted by atomic mass is 16.5. The molecule has 0 bridgehead atoms. The molecule has 2 aromatic heterocycles. The SMILES string of the molecule is C/N=C\c1ccccc1O[C@H]1C[C@@H](n2ccc3c(C)ccnc32)[C@H](O)[C@@H]1O. The Hall–Kier alpha value is -2.70. The lowest BCUT2D eigenvalue weighted by Gasteiger charge is -2.19. The van der Waals surface area contributed by atoms with Crippen molar-refractivity contribution in [3.63, 3.8) is 0 Å². The number of aliphatic hydroxyl groups is 2. The molecule has 2 heterocycles. The van der Waals surface area contributed by atoms with Crippen LogP contribution in [-0.4, -0.2) is 51.3 Å². The molecule has 0 aliphatic heterocycles. The van der Waals surface area contributed by atoms with Gasteiger partial charge < -0.3 is 19.5 Å². The summed E-state index contributed by atoms with van der Waals surface area (Å²) in [5.74, 6) is 0.645. The fourth-order valence-electron chi connectivity index (χ4n) is 3.82. The van der Waals surface area contributed by atoms with Gasteiger partial charge in [0.2, 0.25) is 0 Å². The number of aliphatic hydroxyl groups excluding tert-OH is 2. The van der Waals surface area contributed by atoms with Gasteiger partial charge in [0.25, 0.3) is 0 Å². The van der Waals surface area contributed by atoms with Crippen LogP contribution in [0.1, 0.15) is 23.6 Å². The van der Waals surface area contributed by atoms with E-state index in [2.05, 4.69) is 9.98 Å². The summed E-state index contributed by atoms with van der Waals surface area (Å²) in [6.45, 7) is 2.03. The molecule has 1 aromatic carbocycles. The van der Waals surface area contributed by atoms with Crippen molar-refractivity contribution in [1.29, 1.82) is 0 Å². The first-order valence-electron chi connectivity index (χ1n) is 9.06. The van der Waals surface area contributed by atoms with Crippen LogP contribution in [0.15, 0.2) is 53.8 Å². The van der Waals surface area contributed by atoms with Gasteiger partial charge in [-0.2, -0.15) is 0 Å². The Morgan fingerprint density at radius 1 is 1.19 bits per heavy atom. The number of hydrogen-bond donors (Lipinski definition) is 2. The van der Waals surface area contributed by atoms with Crippen LogP contribution in [0.5, 0.6) is 5.75 Å². The molecule has 1 fully saturated rings. The van der Waals surface area contributed by atoms with Crippen molar-refractivity contribution in [1.82, 2.24) is 9.55 Å². The summed E-state index contributed by atoms with van der Waals surface area (Å²) in [5.41, 5.74) is 2.78. The van der Waals surface area contributed by atoms with Gasteiger partial charge in [0.05, 0.1) is 6.04 Å². The van der Waals surface area contributed by atoms with E-state index < -0.39 is 18.3 Å². The summed E-state index contributed by atoms with van der Waals surface area (Å²) in [5, 5.41) is 22.3. The van der Waals surface area contributed by atoms with Crippen LogP contribution in [0.25, 0.3) is 11.0 Å². The van der Waals surface area contributed by atoms with Crippen LogP contribution in [0.4, 0.5) is 0 Å². The van der Waals surface area contributed by atoms with Crippen molar-refractivity contribution in [3.8, 4) is 5.75 Å². The predicted octanol–water partition coefficient (Wildman–Crippen LogP) is 2.51. The summed E-state index contributed by atoms with van der Waals surface area (Å²) in [6.07, 6.45) is 3.46. The van der Waals surface area contributed by atoms with Crippen molar-refractivity contribution in [2.45, 2.75) is 37.7 Å². The molecule has 27 heavy (non-hydrogen) atoms. The third kappa shape index (κ3) is 3.11. The molecule has 1 saturated carbocycles. The molecular weight excluding hydrogens is 342 g/mol. The maximum atomic E-state index is 10.7. The zero-order chi connectivity index (χ0) is 19.0. The van der Waals surface area contributed by atoms with Gasteiger partial charge in [-0.1, -0.05) is 12.1 Å². The van der Waals surface area contributed by atoms with E-state index in [-0.39, 0.29) is 6.04 Å². The van der Waals surface area contributed by atoms with E-state index in [0.717, 1.165) is 22.2 Å². The van der Waals surface area contributed by atoms with Gasteiger partial charge in [-0.25, -0.2) is 4.98 Å². The number of rotatable bonds is 4. The Morgan fingerprint density at radius 3 is 2.81 bits per heavy atom. The van der Waals surface area contributed by atoms with Crippen LogP contribution in [-0.2, 0) is 0 Å². The maximum absolute atomic E-state index is 10.7. The second kappa shape index (κ2) is 7.13. The monoisotopic (exact) mass is 365 g/mol. The third-order valence-corrected chi connectivity index (χ3v) is 5.26. The minimum atomic E-state index is -0.983. The van der Waals surface area contributed by atoms with Gasteiger partial charge in [-0.05, 0) is 36.8 Å². The Kier molecular flexibility index (Phi) is 4.68. The first kappa shape index (κ1) is 17.7. The number of benzene rings is 1. The van der Waals surface area contributed by atoms with E-state index in [1.807, 2.05) is 54.1 Å². The van der Waals surface area contributed by atoms with E-state index in [1.165, 1.54) is 0 Å². The fourth-order valence-corrected chi connectivity index (χ4v) is 3.82. The quantitative estimate of drug-likeness (QED) is 0.696. The number of ether oxygens (including phenoxy) is 1. The molecule has 6 nitrogen and oxygen atoms in total. The van der Waals surface area contributed by atoms with Gasteiger partial charge in [0.15, 0.2) is 0 Å². The van der Waals surface area contributed by atoms with Crippen LogP contribution in [0, 0.1) is 6.92 Å². The molecule has 0 saturated heterocycles. The van der Waals surface area contributed by atoms with Crippen molar-refractivity contribution in [2.24, 2.45) is 4.99 Å². The maximum Gasteiger partial charge on any atom is 0.140 e. The molecule has 1 aliphatic rings. The topological polar surface area (TPSA) is 79.9 Å². The van der Waals surface area contributed by atoms with Crippen LogP contribution in [0.3, 0.4) is 0 Å². The molecule has 0 amide bonds. The smallest absolute Gasteiger partial charge is 0.140 e. The lowest BCUT2D eigenvalue weighted by molar-refractivity contribution is -0.0164. The lowest BCUT2D eigenvalue weighted by Crippen LogP contribution is -2.34. The highest BCUT2D eigenvalue weighted by molar-refractivity contribution is 5.83. The molecule has 4 atom stereocenters. The Morgan fingerprint density at radius 2 is 2.00 bits per heavy atom. The first-order chi connectivity index (χ1) is 13.1. The van der Waals surface area contributed by atoms with Gasteiger partial charge in [0, 0.05) is 43.0 Å². The standard InChI is InChI=1S/C21H23N3O3/c1-13-7-9-23-21-15(13)8-10-24(21)16-11-18(20(26)19(16)25)27-17-6-4-3-5-14(17)12-22-2/h3-10,12,16,18-20,25-26H,11H2,1-2H3/b22-12-/t16-,18+,19+,20-/m1/s1. The van der Waals surface area contributed by atoms with E-state index in [0.29, 0.717) is 12.2 Å². The fraction of sp³-hybridized carbons (Fsp3) is 0.333. The molecule has 0 radical (unpaired) electrons. The molecule has 0 spiro atoms. The Balaban J connectivity index is 1.62. The van der Waals surface area contributed by atoms with Gasteiger partial charge in [-0.3, -0.25) is 4.99 Å². The predicted molar refractivity (Wildman–Crippen MR) is 105 cm³/mol. The van der Waals surface area contributed by atoms with Crippen LogP contribution >= 0.6 is 0 Å². The minimum absolute atomic E-state index is 0.302. The number of hydrogen-bond acceptors (Lipinski definition) is 5. The van der Waals surface area contributed by atoms with Crippen molar-refractivity contribution in [2.75, 3.05) is 7.05 Å². The Bertz CT molecular complexity index is 982. The molecule has 140 valence electrons. The second-order valence-electron chi connectivity index (χ2n) is 6.95. The van der Waals surface area contributed by atoms with Gasteiger partial charge >= 0.3 is 0 Å². The summed E-state index contributed by atoms with van der Waals surface area (Å²) in [4.78, 5) is 8.51. The summed E-state index contributed by atoms with van der Waals surface area (Å²) >= 11 is 0. The molecule has 6 heteroatoms. The van der Waals surface area contributed by atoms with Crippen molar-refractivity contribution in [3.05, 3.63) is 59.9 Å². The molecular formula is C21H23N3O3. The number of pyridine rings is 1. The van der Waals surface area contributed by atoms with E-state index in [1.54, 1.807) is 19.5 Å². The van der Waals surface area contributed by atoms with Gasteiger partial charge in [0.1, 0.15) is 29.7 Å². The number of aryl methyl sites for hydroxylation is 1. The number of para-hydroxylation sites is 1. The number of fused-ring (bicyclic) bond motifs is 1. The number of nitrogens with zero attached hydrogens (tertiary/aromatic N) is 3. The molecule has 1 aliphatic carbocycles. The molecule has 2 N–H and O–H groups in total. The highest BCUT2D eigenvalue weighted by Crippen LogP contribution is 2.36. The summed E-state index contributed by atoms with van der Waals surface area (Å²) in [6, 6.07) is 11.2. The van der Waals surface area contributed by atoms with Crippen molar-refractivity contribution >= 4 is 17.2 Å². The number of aromatic nitrogens is 2. The minimum Gasteiger partial charge on any atom is -0.487 e.